The first-order chi connectivity index (χ1) is 10.5. The van der Waals surface area contributed by atoms with Crippen molar-refractivity contribution in [3.63, 3.8) is 0 Å². The van der Waals surface area contributed by atoms with E-state index in [-0.39, 0.29) is 18.7 Å². The van der Waals surface area contributed by atoms with E-state index >= 15 is 0 Å². The van der Waals surface area contributed by atoms with Crippen LogP contribution in [0.25, 0.3) is 0 Å². The van der Waals surface area contributed by atoms with Gasteiger partial charge in [0, 0.05) is 37.5 Å². The normalized spacial score (nSPS) is 21.3. The van der Waals surface area contributed by atoms with E-state index in [1.807, 2.05) is 0 Å². The van der Waals surface area contributed by atoms with Crippen LogP contribution in [0.15, 0.2) is 18.2 Å². The molecule has 2 N–H and O–H groups in total. The number of aliphatic hydroxyl groups excluding tert-OH is 1. The van der Waals surface area contributed by atoms with Crippen LogP contribution in [0, 0.1) is 11.7 Å². The lowest BCUT2D eigenvalue weighted by Gasteiger charge is -2.34. The van der Waals surface area contributed by atoms with E-state index in [0.29, 0.717) is 17.4 Å². The molecular formula is C16H23FN2O3. The third-order valence-electron chi connectivity index (χ3n) is 4.30. The van der Waals surface area contributed by atoms with Crippen molar-refractivity contribution in [3.8, 4) is 5.75 Å². The maximum absolute atomic E-state index is 13.4. The van der Waals surface area contributed by atoms with Crippen LogP contribution < -0.4 is 10.1 Å². The highest BCUT2D eigenvalue weighted by molar-refractivity contribution is 5.89. The number of benzene rings is 1. The van der Waals surface area contributed by atoms with Crippen LogP contribution in [0.2, 0.25) is 0 Å². The number of aliphatic hydroxyl groups is 1. The summed E-state index contributed by atoms with van der Waals surface area (Å²) in [6.45, 7) is 0.214. The van der Waals surface area contributed by atoms with Gasteiger partial charge in [0.05, 0.1) is 7.11 Å². The van der Waals surface area contributed by atoms with Crippen molar-refractivity contribution in [1.82, 2.24) is 4.90 Å². The van der Waals surface area contributed by atoms with Gasteiger partial charge < -0.3 is 20.1 Å². The first-order valence-corrected chi connectivity index (χ1v) is 7.52. The largest absolute Gasteiger partial charge is 0.497 e. The number of carbonyl (C=O) groups excluding carboxylic acids is 1. The number of amides is 2. The van der Waals surface area contributed by atoms with E-state index in [4.69, 9.17) is 9.84 Å². The van der Waals surface area contributed by atoms with Gasteiger partial charge in [-0.1, -0.05) is 0 Å². The second-order valence-electron chi connectivity index (χ2n) is 5.78. The summed E-state index contributed by atoms with van der Waals surface area (Å²) in [6, 6.07) is 3.99. The molecule has 1 aromatic carbocycles. The molecule has 0 aliphatic heterocycles. The zero-order valence-corrected chi connectivity index (χ0v) is 13.0. The van der Waals surface area contributed by atoms with Crippen LogP contribution in [0.1, 0.15) is 25.7 Å². The number of ether oxygens (including phenoxy) is 1. The summed E-state index contributed by atoms with van der Waals surface area (Å²) in [5, 5.41) is 11.9. The predicted molar refractivity (Wildman–Crippen MR) is 82.6 cm³/mol. The van der Waals surface area contributed by atoms with Gasteiger partial charge >= 0.3 is 6.03 Å². The lowest BCUT2D eigenvalue weighted by atomic mass is 9.86. The molecule has 2 rings (SSSR count). The van der Waals surface area contributed by atoms with Crippen molar-refractivity contribution in [2.24, 2.45) is 5.92 Å². The number of anilines is 1. The van der Waals surface area contributed by atoms with Crippen LogP contribution >= 0.6 is 0 Å². The van der Waals surface area contributed by atoms with Gasteiger partial charge in [0.1, 0.15) is 11.6 Å². The molecule has 6 heteroatoms. The first-order valence-electron chi connectivity index (χ1n) is 7.52. The molecule has 0 heterocycles. The molecule has 1 aliphatic carbocycles. The Labute approximate surface area is 130 Å². The van der Waals surface area contributed by atoms with Gasteiger partial charge in [-0.05, 0) is 37.7 Å². The number of rotatable bonds is 4. The molecule has 1 fully saturated rings. The first kappa shape index (κ1) is 16.5. The highest BCUT2D eigenvalue weighted by atomic mass is 19.1. The molecule has 0 unspecified atom stereocenters. The SMILES string of the molecule is COc1cc(F)cc(NC(=O)N(C)C2CCC(CO)CC2)c1. The van der Waals surface area contributed by atoms with Crippen molar-refractivity contribution in [3.05, 3.63) is 24.0 Å². The highest BCUT2D eigenvalue weighted by Crippen LogP contribution is 2.27. The molecule has 1 aromatic rings. The quantitative estimate of drug-likeness (QED) is 0.899. The van der Waals surface area contributed by atoms with E-state index in [1.165, 1.54) is 19.2 Å². The Balaban J connectivity index is 1.95. The van der Waals surface area contributed by atoms with Crippen molar-refractivity contribution in [1.29, 1.82) is 0 Å². The van der Waals surface area contributed by atoms with Crippen molar-refractivity contribution in [2.75, 3.05) is 26.1 Å². The monoisotopic (exact) mass is 310 g/mol. The van der Waals surface area contributed by atoms with Gasteiger partial charge in [-0.2, -0.15) is 0 Å². The maximum Gasteiger partial charge on any atom is 0.321 e. The number of nitrogens with zero attached hydrogens (tertiary/aromatic N) is 1. The number of hydrogen-bond acceptors (Lipinski definition) is 3. The summed E-state index contributed by atoms with van der Waals surface area (Å²) >= 11 is 0. The van der Waals surface area contributed by atoms with E-state index in [2.05, 4.69) is 5.32 Å². The number of hydrogen-bond donors (Lipinski definition) is 2. The summed E-state index contributed by atoms with van der Waals surface area (Å²) in [5.74, 6) is 0.252. The molecular weight excluding hydrogens is 287 g/mol. The molecule has 0 saturated heterocycles. The second kappa shape index (κ2) is 7.45. The molecule has 5 nitrogen and oxygen atoms in total. The minimum Gasteiger partial charge on any atom is -0.497 e. The topological polar surface area (TPSA) is 61.8 Å². The van der Waals surface area contributed by atoms with E-state index < -0.39 is 5.82 Å². The van der Waals surface area contributed by atoms with Crippen molar-refractivity contribution < 1.29 is 19.0 Å². The average molecular weight is 310 g/mol. The van der Waals surface area contributed by atoms with Gasteiger partial charge in [0.2, 0.25) is 0 Å². The molecule has 0 atom stereocenters. The standard InChI is InChI=1S/C16H23FN2O3/c1-19(14-5-3-11(10-20)4-6-14)16(21)18-13-7-12(17)8-15(9-13)22-2/h7-9,11,14,20H,3-6,10H2,1-2H3,(H,18,21). The fourth-order valence-electron chi connectivity index (χ4n) is 2.84. The molecule has 0 bridgehead atoms. The second-order valence-corrected chi connectivity index (χ2v) is 5.78. The van der Waals surface area contributed by atoms with Gasteiger partial charge in [0.25, 0.3) is 0 Å². The minimum absolute atomic E-state index is 0.151. The van der Waals surface area contributed by atoms with Crippen molar-refractivity contribution in [2.45, 2.75) is 31.7 Å². The van der Waals surface area contributed by atoms with Crippen molar-refractivity contribution >= 4 is 11.7 Å². The Morgan fingerprint density at radius 1 is 1.36 bits per heavy atom. The number of halogens is 1. The van der Waals surface area contributed by atoms with Gasteiger partial charge in [-0.25, -0.2) is 9.18 Å². The van der Waals surface area contributed by atoms with E-state index in [9.17, 15) is 9.18 Å². The van der Waals surface area contributed by atoms with Crippen LogP contribution in [-0.4, -0.2) is 42.8 Å². The van der Waals surface area contributed by atoms with E-state index in [1.54, 1.807) is 18.0 Å². The summed E-state index contributed by atoms with van der Waals surface area (Å²) in [6.07, 6.45) is 3.60. The predicted octanol–water partition coefficient (Wildman–Crippen LogP) is 2.85. The third kappa shape index (κ3) is 4.10. The van der Waals surface area contributed by atoms with E-state index in [0.717, 1.165) is 25.7 Å². The van der Waals surface area contributed by atoms with Gasteiger partial charge in [0.15, 0.2) is 0 Å². The molecule has 122 valence electrons. The van der Waals surface area contributed by atoms with Crippen LogP contribution in [0.3, 0.4) is 0 Å². The van der Waals surface area contributed by atoms with Crippen LogP contribution in [-0.2, 0) is 0 Å². The summed E-state index contributed by atoms with van der Waals surface area (Å²) < 4.78 is 18.4. The van der Waals surface area contributed by atoms with Gasteiger partial charge in [-0.3, -0.25) is 0 Å². The molecule has 22 heavy (non-hydrogen) atoms. The number of nitrogens with one attached hydrogen (secondary N) is 1. The Kier molecular flexibility index (Phi) is 5.60. The fourth-order valence-corrected chi connectivity index (χ4v) is 2.84. The molecule has 1 aliphatic rings. The van der Waals surface area contributed by atoms with Crippen LogP contribution in [0.5, 0.6) is 5.75 Å². The zero-order chi connectivity index (χ0) is 16.1. The molecule has 0 radical (unpaired) electrons. The number of carbonyl (C=O) groups is 1. The Morgan fingerprint density at radius 2 is 2.05 bits per heavy atom. The van der Waals surface area contributed by atoms with Gasteiger partial charge in [-0.15, -0.1) is 0 Å². The lowest BCUT2D eigenvalue weighted by Crippen LogP contribution is -2.42. The smallest absolute Gasteiger partial charge is 0.321 e. The number of methoxy groups -OCH3 is 1. The third-order valence-corrected chi connectivity index (χ3v) is 4.30. The highest BCUT2D eigenvalue weighted by Gasteiger charge is 2.26. The van der Waals surface area contributed by atoms with Crippen LogP contribution in [0.4, 0.5) is 14.9 Å². The Hall–Kier alpha value is -1.82. The summed E-state index contributed by atoms with van der Waals surface area (Å²) in [4.78, 5) is 13.9. The molecule has 1 saturated carbocycles. The maximum atomic E-state index is 13.4. The summed E-state index contributed by atoms with van der Waals surface area (Å²) in [5.41, 5.74) is 0.373. The zero-order valence-electron chi connectivity index (χ0n) is 13.0. The molecule has 2 amide bonds. The molecule has 0 aromatic heterocycles. The summed E-state index contributed by atoms with van der Waals surface area (Å²) in [7, 11) is 3.20. The molecule has 0 spiro atoms. The average Bonchev–Trinajstić information content (AvgIpc) is 2.53. The fraction of sp³-hybridized carbons (Fsp3) is 0.562. The Bertz CT molecular complexity index is 516. The number of urea groups is 1. The minimum atomic E-state index is -0.458. The Morgan fingerprint density at radius 3 is 2.64 bits per heavy atom. The lowest BCUT2D eigenvalue weighted by molar-refractivity contribution is 0.139.